The van der Waals surface area contributed by atoms with E-state index in [4.69, 9.17) is 15.6 Å². The number of anilines is 1. The van der Waals surface area contributed by atoms with Crippen molar-refractivity contribution >= 4 is 16.9 Å². The normalized spacial score (nSPS) is 27.7. The van der Waals surface area contributed by atoms with Crippen LogP contribution in [0.1, 0.15) is 25.6 Å². The smallest absolute Gasteiger partial charge is 0.164 e. The molecule has 0 radical (unpaired) electrons. The summed E-state index contributed by atoms with van der Waals surface area (Å²) in [6.45, 7) is 5.48. The molecule has 3 heterocycles. The predicted molar refractivity (Wildman–Crippen MR) is 81.0 cm³/mol. The molecule has 8 nitrogen and oxygen atoms in total. The van der Waals surface area contributed by atoms with Crippen molar-refractivity contribution in [3.05, 3.63) is 18.1 Å². The maximum atomic E-state index is 10.1. The van der Waals surface area contributed by atoms with Crippen LogP contribution in [0.4, 0.5) is 5.82 Å². The Labute approximate surface area is 128 Å². The molecule has 1 aliphatic heterocycles. The highest BCUT2D eigenvalue weighted by Crippen LogP contribution is 2.34. The Balaban J connectivity index is 0.000000847. The second-order valence-corrected chi connectivity index (χ2v) is 4.91. The van der Waals surface area contributed by atoms with Crippen LogP contribution in [0.5, 0.6) is 0 Å². The van der Waals surface area contributed by atoms with Crippen molar-refractivity contribution in [2.75, 3.05) is 12.3 Å². The number of aliphatic hydroxyl groups excluding tert-OH is 3. The minimum absolute atomic E-state index is 0.345. The van der Waals surface area contributed by atoms with E-state index in [2.05, 4.69) is 9.97 Å². The number of hydrogen-bond acceptors (Lipinski definition) is 7. The number of aryl methyl sites for hydroxylation is 1. The van der Waals surface area contributed by atoms with E-state index < -0.39 is 24.5 Å². The lowest BCUT2D eigenvalue weighted by atomic mass is 10.1. The molecular formula is C14H22N4O4. The van der Waals surface area contributed by atoms with Gasteiger partial charge in [-0.1, -0.05) is 13.8 Å². The van der Waals surface area contributed by atoms with E-state index in [1.807, 2.05) is 20.8 Å². The highest BCUT2D eigenvalue weighted by molar-refractivity contribution is 5.89. The van der Waals surface area contributed by atoms with E-state index in [0.29, 0.717) is 16.9 Å². The van der Waals surface area contributed by atoms with Crippen molar-refractivity contribution in [2.45, 2.75) is 45.3 Å². The largest absolute Gasteiger partial charge is 0.394 e. The Morgan fingerprint density at radius 1 is 1.27 bits per heavy atom. The molecule has 1 fully saturated rings. The van der Waals surface area contributed by atoms with E-state index in [-0.39, 0.29) is 6.61 Å². The van der Waals surface area contributed by atoms with Crippen LogP contribution in [-0.2, 0) is 4.74 Å². The number of nitrogens with two attached hydrogens (primary N) is 1. The first-order chi connectivity index (χ1) is 10.5. The Morgan fingerprint density at radius 3 is 2.55 bits per heavy atom. The summed E-state index contributed by atoms with van der Waals surface area (Å²) in [5.74, 6) is 0.345. The summed E-state index contributed by atoms with van der Waals surface area (Å²) in [6, 6.07) is 0. The third-order valence-corrected chi connectivity index (χ3v) is 3.62. The van der Waals surface area contributed by atoms with Crippen LogP contribution < -0.4 is 5.73 Å². The van der Waals surface area contributed by atoms with Gasteiger partial charge in [0.05, 0.1) is 12.0 Å². The maximum absolute atomic E-state index is 10.1. The van der Waals surface area contributed by atoms with Crippen LogP contribution in [-0.4, -0.2) is 54.8 Å². The topological polar surface area (TPSA) is 127 Å². The zero-order valence-electron chi connectivity index (χ0n) is 12.8. The van der Waals surface area contributed by atoms with Gasteiger partial charge in [-0.05, 0) is 12.5 Å². The second kappa shape index (κ2) is 6.57. The third kappa shape index (κ3) is 2.54. The van der Waals surface area contributed by atoms with Gasteiger partial charge < -0.3 is 30.4 Å². The van der Waals surface area contributed by atoms with Crippen LogP contribution >= 0.6 is 0 Å². The summed E-state index contributed by atoms with van der Waals surface area (Å²) in [5.41, 5.74) is 7.19. The average Bonchev–Trinajstić information content (AvgIpc) is 3.01. The quantitative estimate of drug-likeness (QED) is 0.613. The van der Waals surface area contributed by atoms with Crippen molar-refractivity contribution in [2.24, 2.45) is 0 Å². The molecule has 2 aromatic heterocycles. The number of nitrogen functional groups attached to an aromatic ring is 1. The van der Waals surface area contributed by atoms with Crippen molar-refractivity contribution in [1.29, 1.82) is 0 Å². The zero-order chi connectivity index (χ0) is 16.4. The van der Waals surface area contributed by atoms with Crippen LogP contribution in [0.2, 0.25) is 0 Å². The number of ether oxygens (including phenoxy) is 1. The summed E-state index contributed by atoms with van der Waals surface area (Å²) in [4.78, 5) is 8.09. The minimum atomic E-state index is -1.15. The summed E-state index contributed by atoms with van der Waals surface area (Å²) in [5, 5.41) is 29.7. The van der Waals surface area contributed by atoms with Crippen molar-refractivity contribution in [3.8, 4) is 0 Å². The number of aromatic nitrogens is 3. The first-order valence-corrected chi connectivity index (χ1v) is 7.24. The molecule has 8 heteroatoms. The molecule has 1 saturated heterocycles. The molecule has 3 rings (SSSR count). The number of hydrogen-bond donors (Lipinski definition) is 4. The lowest BCUT2D eigenvalue weighted by molar-refractivity contribution is -0.0509. The van der Waals surface area contributed by atoms with Gasteiger partial charge in [-0.3, -0.25) is 0 Å². The first-order valence-electron chi connectivity index (χ1n) is 7.24. The molecule has 0 aromatic carbocycles. The number of rotatable bonds is 2. The Bertz CT molecular complexity index is 645. The van der Waals surface area contributed by atoms with Crippen LogP contribution in [0.3, 0.4) is 0 Å². The van der Waals surface area contributed by atoms with Gasteiger partial charge >= 0.3 is 0 Å². The molecule has 4 atom stereocenters. The van der Waals surface area contributed by atoms with Gasteiger partial charge in [0, 0.05) is 6.20 Å². The number of aliphatic hydroxyl groups is 3. The van der Waals surface area contributed by atoms with Gasteiger partial charge in [-0.25, -0.2) is 9.97 Å². The standard InChI is InChI=1S/C12H16N4O4.C2H6/c1-5-2-16(11-7(5)10(13)14-4-15-11)12-9(19)8(18)6(3-17)20-12;1-2/h2,4,6,8-9,12,17-19H,3H2,1H3,(H2,13,14,15);1-2H3. The van der Waals surface area contributed by atoms with Crippen LogP contribution in [0.15, 0.2) is 12.5 Å². The van der Waals surface area contributed by atoms with E-state index in [0.717, 1.165) is 5.56 Å². The fourth-order valence-corrected chi connectivity index (χ4v) is 2.60. The molecule has 2 aromatic rings. The van der Waals surface area contributed by atoms with Gasteiger partial charge in [0.25, 0.3) is 0 Å². The Morgan fingerprint density at radius 2 is 1.95 bits per heavy atom. The maximum Gasteiger partial charge on any atom is 0.164 e. The number of nitrogens with zero attached hydrogens (tertiary/aromatic N) is 3. The summed E-state index contributed by atoms with van der Waals surface area (Å²) in [6.07, 6.45) is -0.898. The molecule has 0 aliphatic carbocycles. The SMILES string of the molecule is CC.Cc1cn(C2OC(CO)C(O)C2O)c2ncnc(N)c12. The van der Waals surface area contributed by atoms with Gasteiger partial charge in [-0.15, -0.1) is 0 Å². The molecule has 122 valence electrons. The molecule has 4 unspecified atom stereocenters. The molecule has 1 aliphatic rings. The van der Waals surface area contributed by atoms with Crippen molar-refractivity contribution in [1.82, 2.24) is 14.5 Å². The monoisotopic (exact) mass is 310 g/mol. The van der Waals surface area contributed by atoms with Gasteiger partial charge in [0.15, 0.2) is 6.23 Å². The molecule has 5 N–H and O–H groups in total. The van der Waals surface area contributed by atoms with Crippen molar-refractivity contribution in [3.63, 3.8) is 0 Å². The Kier molecular flexibility index (Phi) is 4.97. The van der Waals surface area contributed by atoms with Crippen LogP contribution in [0, 0.1) is 6.92 Å². The second-order valence-electron chi connectivity index (χ2n) is 4.91. The summed E-state index contributed by atoms with van der Waals surface area (Å²) in [7, 11) is 0. The predicted octanol–water partition coefficient (Wildman–Crippen LogP) is -0.0404. The lowest BCUT2D eigenvalue weighted by Crippen LogP contribution is -2.33. The van der Waals surface area contributed by atoms with Gasteiger partial charge in [-0.2, -0.15) is 0 Å². The van der Waals surface area contributed by atoms with Gasteiger partial charge in [0.2, 0.25) is 0 Å². The molecule has 0 saturated carbocycles. The number of fused-ring (bicyclic) bond motifs is 1. The van der Waals surface area contributed by atoms with E-state index >= 15 is 0 Å². The Hall–Kier alpha value is -1.74. The molecule has 0 bridgehead atoms. The molecule has 0 amide bonds. The molecule has 22 heavy (non-hydrogen) atoms. The highest BCUT2D eigenvalue weighted by atomic mass is 16.6. The minimum Gasteiger partial charge on any atom is -0.394 e. The van der Waals surface area contributed by atoms with Gasteiger partial charge in [0.1, 0.15) is 36.1 Å². The summed E-state index contributed by atoms with van der Waals surface area (Å²) < 4.78 is 7.10. The van der Waals surface area contributed by atoms with Crippen LogP contribution in [0.25, 0.3) is 11.0 Å². The first kappa shape index (κ1) is 16.6. The fourth-order valence-electron chi connectivity index (χ4n) is 2.60. The lowest BCUT2D eigenvalue weighted by Gasteiger charge is -2.17. The summed E-state index contributed by atoms with van der Waals surface area (Å²) >= 11 is 0. The van der Waals surface area contributed by atoms with E-state index in [9.17, 15) is 10.2 Å². The van der Waals surface area contributed by atoms with E-state index in [1.165, 1.54) is 6.33 Å². The zero-order valence-corrected chi connectivity index (χ0v) is 12.8. The average molecular weight is 310 g/mol. The highest BCUT2D eigenvalue weighted by Gasteiger charge is 2.43. The van der Waals surface area contributed by atoms with Crippen molar-refractivity contribution < 1.29 is 20.1 Å². The van der Waals surface area contributed by atoms with E-state index in [1.54, 1.807) is 10.8 Å². The molecular weight excluding hydrogens is 288 g/mol. The fraction of sp³-hybridized carbons (Fsp3) is 0.571. The third-order valence-electron chi connectivity index (χ3n) is 3.62. The molecule has 0 spiro atoms.